The maximum atomic E-state index is 12.5. The number of hydrogen-bond acceptors (Lipinski definition) is 2. The fraction of sp³-hybridized carbons (Fsp3) is 0.333. The second kappa shape index (κ2) is 5.00. The second-order valence-corrected chi connectivity index (χ2v) is 5.13. The predicted molar refractivity (Wildman–Crippen MR) is 74.6 cm³/mol. The van der Waals surface area contributed by atoms with E-state index in [-0.39, 0.29) is 5.91 Å². The maximum Gasteiger partial charge on any atom is 0.326 e. The number of rotatable bonds is 2. The SMILES string of the molecule is O=C(O)[C@H]1CCCCN1C(=O)c1ccc2cc[nH]c2c1. The Morgan fingerprint density at radius 3 is 2.90 bits per heavy atom. The highest BCUT2D eigenvalue weighted by molar-refractivity contribution is 5.99. The molecule has 1 amide bonds. The second-order valence-electron chi connectivity index (χ2n) is 5.13. The molecule has 1 saturated heterocycles. The lowest BCUT2D eigenvalue weighted by molar-refractivity contribution is -0.143. The summed E-state index contributed by atoms with van der Waals surface area (Å²) in [4.78, 5) is 28.3. The van der Waals surface area contributed by atoms with E-state index in [0.717, 1.165) is 23.7 Å². The largest absolute Gasteiger partial charge is 0.480 e. The van der Waals surface area contributed by atoms with Crippen LogP contribution in [0.15, 0.2) is 30.5 Å². The average Bonchev–Trinajstić information content (AvgIpc) is 2.93. The molecule has 2 aromatic rings. The van der Waals surface area contributed by atoms with Gasteiger partial charge in [0.2, 0.25) is 0 Å². The van der Waals surface area contributed by atoms with Gasteiger partial charge in [-0.2, -0.15) is 0 Å². The number of fused-ring (bicyclic) bond motifs is 1. The molecule has 1 fully saturated rings. The first-order valence-electron chi connectivity index (χ1n) is 6.78. The van der Waals surface area contributed by atoms with Crippen LogP contribution in [0.5, 0.6) is 0 Å². The summed E-state index contributed by atoms with van der Waals surface area (Å²) >= 11 is 0. The zero-order valence-corrected chi connectivity index (χ0v) is 11.0. The van der Waals surface area contributed by atoms with Crippen LogP contribution >= 0.6 is 0 Å². The summed E-state index contributed by atoms with van der Waals surface area (Å²) in [5, 5.41) is 10.3. The number of likely N-dealkylation sites (tertiary alicyclic amines) is 1. The van der Waals surface area contributed by atoms with Crippen LogP contribution in [-0.4, -0.2) is 39.5 Å². The molecular formula is C15H16N2O3. The molecule has 1 aliphatic heterocycles. The highest BCUT2D eigenvalue weighted by Gasteiger charge is 2.32. The Hall–Kier alpha value is -2.30. The van der Waals surface area contributed by atoms with Gasteiger partial charge < -0.3 is 15.0 Å². The zero-order valence-electron chi connectivity index (χ0n) is 11.0. The van der Waals surface area contributed by atoms with Gasteiger partial charge in [-0.3, -0.25) is 4.79 Å². The van der Waals surface area contributed by atoms with Gasteiger partial charge in [-0.05, 0) is 42.8 Å². The van der Waals surface area contributed by atoms with E-state index in [9.17, 15) is 14.7 Å². The summed E-state index contributed by atoms with van der Waals surface area (Å²) in [6.45, 7) is 0.512. The van der Waals surface area contributed by atoms with E-state index in [1.165, 1.54) is 4.90 Å². The topological polar surface area (TPSA) is 73.4 Å². The number of piperidine rings is 1. The van der Waals surface area contributed by atoms with Crippen LogP contribution in [0, 0.1) is 0 Å². The van der Waals surface area contributed by atoms with E-state index in [0.29, 0.717) is 18.5 Å². The number of aromatic nitrogens is 1. The molecule has 3 rings (SSSR count). The Morgan fingerprint density at radius 1 is 1.25 bits per heavy atom. The van der Waals surface area contributed by atoms with Crippen molar-refractivity contribution in [3.05, 3.63) is 36.0 Å². The third kappa shape index (κ3) is 2.15. The van der Waals surface area contributed by atoms with Gasteiger partial charge in [0, 0.05) is 23.8 Å². The van der Waals surface area contributed by atoms with Crippen molar-refractivity contribution < 1.29 is 14.7 Å². The number of benzene rings is 1. The minimum Gasteiger partial charge on any atom is -0.480 e. The van der Waals surface area contributed by atoms with E-state index in [1.807, 2.05) is 18.3 Å². The molecular weight excluding hydrogens is 256 g/mol. The van der Waals surface area contributed by atoms with Gasteiger partial charge in [-0.15, -0.1) is 0 Å². The number of aliphatic carboxylic acids is 1. The lowest BCUT2D eigenvalue weighted by Gasteiger charge is -2.33. The molecule has 20 heavy (non-hydrogen) atoms. The van der Waals surface area contributed by atoms with Gasteiger partial charge in [-0.1, -0.05) is 6.07 Å². The number of nitrogens with zero attached hydrogens (tertiary/aromatic N) is 1. The number of amides is 1. The summed E-state index contributed by atoms with van der Waals surface area (Å²) < 4.78 is 0. The standard InChI is InChI=1S/C15H16N2O3/c18-14(17-8-2-1-3-13(17)15(19)20)11-5-4-10-6-7-16-12(10)9-11/h4-7,9,13,16H,1-3,8H2,(H,19,20)/t13-/m1/s1. The van der Waals surface area contributed by atoms with Crippen LogP contribution in [0.25, 0.3) is 10.9 Å². The average molecular weight is 272 g/mol. The molecule has 1 aromatic carbocycles. The first-order valence-corrected chi connectivity index (χ1v) is 6.78. The van der Waals surface area contributed by atoms with Crippen molar-refractivity contribution in [1.29, 1.82) is 0 Å². The minimum atomic E-state index is -0.918. The van der Waals surface area contributed by atoms with Crippen LogP contribution in [-0.2, 0) is 4.79 Å². The van der Waals surface area contributed by atoms with Gasteiger partial charge in [0.15, 0.2) is 0 Å². The minimum absolute atomic E-state index is 0.200. The van der Waals surface area contributed by atoms with E-state index in [1.54, 1.807) is 12.1 Å². The Morgan fingerprint density at radius 2 is 2.10 bits per heavy atom. The van der Waals surface area contributed by atoms with Gasteiger partial charge in [0.05, 0.1) is 0 Å². The Kier molecular flexibility index (Phi) is 3.18. The first-order chi connectivity index (χ1) is 9.66. The third-order valence-electron chi connectivity index (χ3n) is 3.85. The van der Waals surface area contributed by atoms with E-state index in [2.05, 4.69) is 4.98 Å². The number of carboxylic acids is 1. The molecule has 5 nitrogen and oxygen atoms in total. The molecule has 0 bridgehead atoms. The maximum absolute atomic E-state index is 12.5. The molecule has 0 spiro atoms. The molecule has 0 unspecified atom stereocenters. The number of nitrogens with one attached hydrogen (secondary N) is 1. The molecule has 1 atom stereocenters. The number of carbonyl (C=O) groups is 2. The lowest BCUT2D eigenvalue weighted by Crippen LogP contribution is -2.47. The summed E-state index contributed by atoms with van der Waals surface area (Å²) in [6, 6.07) is 6.65. The van der Waals surface area contributed by atoms with Crippen LogP contribution < -0.4 is 0 Å². The van der Waals surface area contributed by atoms with E-state index >= 15 is 0 Å². The molecule has 104 valence electrons. The number of H-pyrrole nitrogens is 1. The summed E-state index contributed by atoms with van der Waals surface area (Å²) in [6.07, 6.45) is 4.07. The smallest absolute Gasteiger partial charge is 0.326 e. The summed E-state index contributed by atoms with van der Waals surface area (Å²) in [7, 11) is 0. The summed E-state index contributed by atoms with van der Waals surface area (Å²) in [5.41, 5.74) is 1.42. The van der Waals surface area contributed by atoms with Gasteiger partial charge in [0.1, 0.15) is 6.04 Å². The van der Waals surface area contributed by atoms with Crippen LogP contribution in [0.1, 0.15) is 29.6 Å². The predicted octanol–water partition coefficient (Wildman–Crippen LogP) is 2.25. The van der Waals surface area contributed by atoms with Crippen molar-refractivity contribution >= 4 is 22.8 Å². The molecule has 0 aliphatic carbocycles. The first kappa shape index (κ1) is 12.7. The van der Waals surface area contributed by atoms with Crippen LogP contribution in [0.2, 0.25) is 0 Å². The molecule has 0 radical (unpaired) electrons. The fourth-order valence-corrected chi connectivity index (χ4v) is 2.78. The highest BCUT2D eigenvalue weighted by atomic mass is 16.4. The fourth-order valence-electron chi connectivity index (χ4n) is 2.78. The molecule has 2 N–H and O–H groups in total. The van der Waals surface area contributed by atoms with Crippen molar-refractivity contribution in [1.82, 2.24) is 9.88 Å². The molecule has 1 aliphatic rings. The number of hydrogen-bond donors (Lipinski definition) is 2. The monoisotopic (exact) mass is 272 g/mol. The Bertz CT molecular complexity index is 662. The van der Waals surface area contributed by atoms with Crippen molar-refractivity contribution in [2.24, 2.45) is 0 Å². The molecule has 5 heteroatoms. The van der Waals surface area contributed by atoms with Crippen molar-refractivity contribution in [2.75, 3.05) is 6.54 Å². The van der Waals surface area contributed by atoms with Crippen molar-refractivity contribution in [2.45, 2.75) is 25.3 Å². The van der Waals surface area contributed by atoms with Gasteiger partial charge >= 0.3 is 5.97 Å². The quantitative estimate of drug-likeness (QED) is 0.880. The van der Waals surface area contributed by atoms with Crippen LogP contribution in [0.4, 0.5) is 0 Å². The van der Waals surface area contributed by atoms with E-state index < -0.39 is 12.0 Å². The Balaban J connectivity index is 1.91. The number of carbonyl (C=O) groups excluding carboxylic acids is 1. The molecule has 2 heterocycles. The number of aromatic amines is 1. The van der Waals surface area contributed by atoms with Crippen molar-refractivity contribution in [3.8, 4) is 0 Å². The zero-order chi connectivity index (χ0) is 14.1. The Labute approximate surface area is 116 Å². The molecule has 0 saturated carbocycles. The van der Waals surface area contributed by atoms with E-state index in [4.69, 9.17) is 0 Å². The lowest BCUT2D eigenvalue weighted by atomic mass is 10.0. The number of carboxylic acid groups (broad SMARTS) is 1. The van der Waals surface area contributed by atoms with Crippen molar-refractivity contribution in [3.63, 3.8) is 0 Å². The van der Waals surface area contributed by atoms with Crippen LogP contribution in [0.3, 0.4) is 0 Å². The third-order valence-corrected chi connectivity index (χ3v) is 3.85. The van der Waals surface area contributed by atoms with Gasteiger partial charge in [-0.25, -0.2) is 4.79 Å². The summed E-state index contributed by atoms with van der Waals surface area (Å²) in [5.74, 6) is -1.12. The normalized spacial score (nSPS) is 19.2. The highest BCUT2D eigenvalue weighted by Crippen LogP contribution is 2.22. The molecule has 1 aromatic heterocycles. The van der Waals surface area contributed by atoms with Gasteiger partial charge in [0.25, 0.3) is 5.91 Å².